The minimum Gasteiger partial charge on any atom is -0.478 e. The molecule has 8 heteroatoms. The Morgan fingerprint density at radius 2 is 2.15 bits per heavy atom. The van der Waals surface area contributed by atoms with Gasteiger partial charge in [0, 0.05) is 12.2 Å². The quantitative estimate of drug-likeness (QED) is 0.695. The first-order chi connectivity index (χ1) is 9.56. The smallest absolute Gasteiger partial charge is 0.338 e. The van der Waals surface area contributed by atoms with E-state index in [0.29, 0.717) is 0 Å². The molecule has 0 atom stereocenters. The zero-order valence-electron chi connectivity index (χ0n) is 10.5. The molecule has 0 saturated heterocycles. The first kappa shape index (κ1) is 14.3. The van der Waals surface area contributed by atoms with Crippen molar-refractivity contribution in [2.75, 3.05) is 5.75 Å². The van der Waals surface area contributed by atoms with Crippen LogP contribution in [-0.4, -0.2) is 39.8 Å². The molecule has 0 aliphatic heterocycles. The summed E-state index contributed by atoms with van der Waals surface area (Å²) in [7, 11) is 0. The fourth-order valence-electron chi connectivity index (χ4n) is 1.41. The molecule has 20 heavy (non-hydrogen) atoms. The van der Waals surface area contributed by atoms with Gasteiger partial charge in [0.2, 0.25) is 5.91 Å². The zero-order valence-corrected chi connectivity index (χ0v) is 11.3. The number of hydrogen-bond acceptors (Lipinski definition) is 5. The van der Waals surface area contributed by atoms with Crippen LogP contribution in [0.4, 0.5) is 4.79 Å². The van der Waals surface area contributed by atoms with Crippen LogP contribution in [0, 0.1) is 0 Å². The molecule has 1 aliphatic rings. The highest BCUT2D eigenvalue weighted by Gasteiger charge is 2.24. The third-order valence-electron chi connectivity index (χ3n) is 2.51. The van der Waals surface area contributed by atoms with E-state index in [1.807, 2.05) is 0 Å². The van der Waals surface area contributed by atoms with Crippen molar-refractivity contribution in [3.63, 3.8) is 0 Å². The van der Waals surface area contributed by atoms with Crippen LogP contribution >= 0.6 is 11.8 Å². The molecule has 1 saturated carbocycles. The first-order valence-corrected chi connectivity index (χ1v) is 6.96. The summed E-state index contributed by atoms with van der Waals surface area (Å²) in [5.74, 6) is -1.67. The number of carbonyl (C=O) groups excluding carboxylic acids is 2. The number of aromatic carboxylic acids is 1. The number of carboxylic acids is 1. The van der Waals surface area contributed by atoms with Crippen molar-refractivity contribution in [1.82, 2.24) is 15.6 Å². The summed E-state index contributed by atoms with van der Waals surface area (Å²) in [6.45, 7) is 0. The average Bonchev–Trinajstić information content (AvgIpc) is 3.20. The van der Waals surface area contributed by atoms with Crippen molar-refractivity contribution in [3.8, 4) is 0 Å². The van der Waals surface area contributed by atoms with Gasteiger partial charge in [0.05, 0.1) is 11.3 Å². The molecule has 1 fully saturated rings. The van der Waals surface area contributed by atoms with E-state index in [2.05, 4.69) is 15.6 Å². The number of nitrogens with one attached hydrogen (secondary N) is 2. The fourth-order valence-corrected chi connectivity index (χ4v) is 2.20. The van der Waals surface area contributed by atoms with Crippen molar-refractivity contribution >= 4 is 29.7 Å². The Labute approximate surface area is 119 Å². The third-order valence-corrected chi connectivity index (χ3v) is 3.51. The maximum absolute atomic E-state index is 11.5. The van der Waals surface area contributed by atoms with Crippen LogP contribution in [0.15, 0.2) is 23.4 Å². The number of rotatable bonds is 5. The first-order valence-electron chi connectivity index (χ1n) is 5.97. The number of carbonyl (C=O) groups is 3. The van der Waals surface area contributed by atoms with Crippen LogP contribution in [-0.2, 0) is 4.79 Å². The second-order valence-electron chi connectivity index (χ2n) is 4.25. The molecule has 1 aliphatic carbocycles. The van der Waals surface area contributed by atoms with E-state index < -0.39 is 17.9 Å². The van der Waals surface area contributed by atoms with E-state index in [1.54, 1.807) is 0 Å². The summed E-state index contributed by atoms with van der Waals surface area (Å²) >= 11 is 0.976. The lowest BCUT2D eigenvalue weighted by molar-refractivity contribution is -0.117. The minimum absolute atomic E-state index is 0.0349. The monoisotopic (exact) mass is 295 g/mol. The Bertz CT molecular complexity index is 545. The van der Waals surface area contributed by atoms with Crippen LogP contribution in [0.5, 0.6) is 0 Å². The molecule has 0 bridgehead atoms. The number of thioether (sulfide) groups is 1. The van der Waals surface area contributed by atoms with E-state index in [9.17, 15) is 14.4 Å². The van der Waals surface area contributed by atoms with Gasteiger partial charge >= 0.3 is 12.0 Å². The van der Waals surface area contributed by atoms with E-state index >= 15 is 0 Å². The molecular weight excluding hydrogens is 282 g/mol. The molecule has 2 rings (SSSR count). The van der Waals surface area contributed by atoms with Crippen molar-refractivity contribution in [2.45, 2.75) is 23.9 Å². The molecule has 0 aromatic carbocycles. The van der Waals surface area contributed by atoms with Gasteiger partial charge in [-0.15, -0.1) is 0 Å². The van der Waals surface area contributed by atoms with Gasteiger partial charge in [-0.3, -0.25) is 10.1 Å². The topological polar surface area (TPSA) is 108 Å². The molecule has 0 radical (unpaired) electrons. The number of imide groups is 1. The maximum atomic E-state index is 11.5. The molecule has 3 amide bonds. The Kier molecular flexibility index (Phi) is 4.57. The van der Waals surface area contributed by atoms with Gasteiger partial charge < -0.3 is 10.4 Å². The average molecular weight is 295 g/mol. The second kappa shape index (κ2) is 6.38. The van der Waals surface area contributed by atoms with Crippen LogP contribution in [0.25, 0.3) is 0 Å². The van der Waals surface area contributed by atoms with E-state index in [0.717, 1.165) is 24.6 Å². The van der Waals surface area contributed by atoms with Crippen LogP contribution in [0.3, 0.4) is 0 Å². The van der Waals surface area contributed by atoms with Crippen LogP contribution in [0.2, 0.25) is 0 Å². The number of carboxylic acid groups (broad SMARTS) is 1. The Balaban J connectivity index is 1.83. The molecule has 1 aromatic rings. The molecule has 0 spiro atoms. The number of aromatic nitrogens is 1. The molecule has 7 nitrogen and oxygen atoms in total. The van der Waals surface area contributed by atoms with E-state index in [-0.39, 0.29) is 22.4 Å². The van der Waals surface area contributed by atoms with Gasteiger partial charge in [-0.2, -0.15) is 0 Å². The number of urea groups is 1. The van der Waals surface area contributed by atoms with Crippen molar-refractivity contribution < 1.29 is 19.5 Å². The summed E-state index contributed by atoms with van der Waals surface area (Å²) in [6.07, 6.45) is 3.32. The second-order valence-corrected chi connectivity index (χ2v) is 5.21. The third kappa shape index (κ3) is 4.23. The van der Waals surface area contributed by atoms with Crippen LogP contribution in [0.1, 0.15) is 23.2 Å². The maximum Gasteiger partial charge on any atom is 0.338 e. The summed E-state index contributed by atoms with van der Waals surface area (Å²) in [5.41, 5.74) is 0.0349. The van der Waals surface area contributed by atoms with E-state index in [1.165, 1.54) is 18.3 Å². The lowest BCUT2D eigenvalue weighted by atomic mass is 10.3. The molecule has 106 valence electrons. The van der Waals surface area contributed by atoms with Crippen molar-refractivity contribution in [2.24, 2.45) is 0 Å². The summed E-state index contributed by atoms with van der Waals surface area (Å²) in [6, 6.07) is 2.58. The van der Waals surface area contributed by atoms with Gasteiger partial charge in [0.25, 0.3) is 0 Å². The number of hydrogen-bond donors (Lipinski definition) is 3. The summed E-state index contributed by atoms with van der Waals surface area (Å²) in [4.78, 5) is 37.7. The predicted molar refractivity (Wildman–Crippen MR) is 71.6 cm³/mol. The highest BCUT2D eigenvalue weighted by atomic mass is 32.2. The van der Waals surface area contributed by atoms with Gasteiger partial charge in [-0.1, -0.05) is 11.8 Å². The van der Waals surface area contributed by atoms with Gasteiger partial charge in [0.1, 0.15) is 5.03 Å². The lowest BCUT2D eigenvalue weighted by Crippen LogP contribution is -2.41. The molecule has 1 heterocycles. The number of amides is 3. The fraction of sp³-hybridized carbons (Fsp3) is 0.333. The number of pyridine rings is 1. The van der Waals surface area contributed by atoms with E-state index in [4.69, 9.17) is 5.11 Å². The summed E-state index contributed by atoms with van der Waals surface area (Å²) in [5, 5.41) is 14.0. The SMILES string of the molecule is O=C(CSc1ncccc1C(=O)O)NC(=O)NC1CC1. The zero-order chi connectivity index (χ0) is 14.5. The molecule has 0 unspecified atom stereocenters. The molecule has 1 aromatic heterocycles. The van der Waals surface area contributed by atoms with Gasteiger partial charge in [-0.25, -0.2) is 14.6 Å². The molecular formula is C12H13N3O4S. The largest absolute Gasteiger partial charge is 0.478 e. The van der Waals surface area contributed by atoms with Gasteiger partial charge in [-0.05, 0) is 25.0 Å². The minimum atomic E-state index is -1.10. The predicted octanol–water partition coefficient (Wildman–Crippen LogP) is 0.860. The normalized spacial score (nSPS) is 13.6. The van der Waals surface area contributed by atoms with Gasteiger partial charge in [0.15, 0.2) is 0 Å². The Morgan fingerprint density at radius 1 is 1.40 bits per heavy atom. The Morgan fingerprint density at radius 3 is 2.80 bits per heavy atom. The van der Waals surface area contributed by atoms with Crippen molar-refractivity contribution in [1.29, 1.82) is 0 Å². The molecule has 3 N–H and O–H groups in total. The standard InChI is InChI=1S/C12H13N3O4S/c16-9(15-12(19)14-7-3-4-7)6-20-10-8(11(17)18)2-1-5-13-10/h1-2,5,7H,3-4,6H2,(H,17,18)(H2,14,15,16,19). The lowest BCUT2D eigenvalue weighted by Gasteiger charge is -2.06. The Hall–Kier alpha value is -2.09. The highest BCUT2D eigenvalue weighted by Crippen LogP contribution is 2.20. The van der Waals surface area contributed by atoms with Crippen LogP contribution < -0.4 is 10.6 Å². The highest BCUT2D eigenvalue weighted by molar-refractivity contribution is 8.00. The number of nitrogens with zero attached hydrogens (tertiary/aromatic N) is 1. The summed E-state index contributed by atoms with van der Waals surface area (Å²) < 4.78 is 0. The van der Waals surface area contributed by atoms with Crippen molar-refractivity contribution in [3.05, 3.63) is 23.9 Å².